The maximum absolute atomic E-state index is 11.6. The molecular formula is C12H15N3O. The molecule has 1 heterocycles. The molecule has 0 saturated heterocycles. The van der Waals surface area contributed by atoms with E-state index in [9.17, 15) is 4.79 Å². The molecule has 2 rings (SSSR count). The van der Waals surface area contributed by atoms with Crippen LogP contribution in [-0.2, 0) is 11.2 Å². The number of nitrogens with one attached hydrogen (secondary N) is 1. The van der Waals surface area contributed by atoms with Gasteiger partial charge in [-0.2, -0.15) is 0 Å². The van der Waals surface area contributed by atoms with Gasteiger partial charge in [-0.3, -0.25) is 9.78 Å². The largest absolute Gasteiger partial charge is 0.397 e. The Morgan fingerprint density at radius 2 is 2.19 bits per heavy atom. The van der Waals surface area contributed by atoms with E-state index in [1.54, 1.807) is 18.3 Å². The topological polar surface area (TPSA) is 68.0 Å². The van der Waals surface area contributed by atoms with Gasteiger partial charge in [0.1, 0.15) is 0 Å². The summed E-state index contributed by atoms with van der Waals surface area (Å²) >= 11 is 0. The third-order valence-electron chi connectivity index (χ3n) is 2.56. The van der Waals surface area contributed by atoms with Crippen LogP contribution < -0.4 is 11.1 Å². The lowest BCUT2D eigenvalue weighted by molar-refractivity contribution is -0.121. The number of nitrogens with two attached hydrogens (primary N) is 1. The number of aromatic nitrogens is 1. The normalized spacial score (nSPS) is 15.2. The first-order valence-corrected chi connectivity index (χ1v) is 5.39. The summed E-state index contributed by atoms with van der Waals surface area (Å²) in [5.41, 5.74) is 6.88. The molecule has 4 nitrogen and oxygen atoms in total. The summed E-state index contributed by atoms with van der Waals surface area (Å²) in [6, 6.07) is 3.80. The average molecular weight is 217 g/mol. The third-order valence-corrected chi connectivity index (χ3v) is 2.56. The number of rotatable bonds is 3. The van der Waals surface area contributed by atoms with Crippen molar-refractivity contribution in [3.63, 3.8) is 0 Å². The van der Waals surface area contributed by atoms with Crippen LogP contribution in [0, 0.1) is 0 Å². The standard InChI is InChI=1S/C12H15N3O/c13-9-5-6-11(14-8-9)7-12(16)15-10-3-1-2-4-10/h1-2,5-6,8,10H,3-4,7,13H2,(H,15,16). The quantitative estimate of drug-likeness (QED) is 0.743. The molecule has 0 aromatic carbocycles. The van der Waals surface area contributed by atoms with Gasteiger partial charge < -0.3 is 11.1 Å². The van der Waals surface area contributed by atoms with Crippen LogP contribution in [0.1, 0.15) is 18.5 Å². The van der Waals surface area contributed by atoms with Gasteiger partial charge in [-0.1, -0.05) is 12.2 Å². The van der Waals surface area contributed by atoms with Gasteiger partial charge in [-0.25, -0.2) is 0 Å². The number of hydrogen-bond acceptors (Lipinski definition) is 3. The van der Waals surface area contributed by atoms with E-state index in [0.717, 1.165) is 18.5 Å². The molecule has 0 spiro atoms. The van der Waals surface area contributed by atoms with Gasteiger partial charge in [0.05, 0.1) is 18.3 Å². The van der Waals surface area contributed by atoms with Crippen molar-refractivity contribution in [1.29, 1.82) is 0 Å². The number of nitrogen functional groups attached to an aromatic ring is 1. The number of carbonyl (C=O) groups excluding carboxylic acids is 1. The minimum Gasteiger partial charge on any atom is -0.397 e. The first-order chi connectivity index (χ1) is 7.74. The van der Waals surface area contributed by atoms with Crippen molar-refractivity contribution in [3.05, 3.63) is 36.2 Å². The second-order valence-electron chi connectivity index (χ2n) is 3.97. The Labute approximate surface area is 94.6 Å². The molecule has 0 unspecified atom stereocenters. The van der Waals surface area contributed by atoms with Crippen molar-refractivity contribution < 1.29 is 4.79 Å². The second kappa shape index (κ2) is 4.79. The van der Waals surface area contributed by atoms with Crippen LogP contribution in [0.5, 0.6) is 0 Å². The first-order valence-electron chi connectivity index (χ1n) is 5.39. The average Bonchev–Trinajstić information content (AvgIpc) is 2.74. The minimum atomic E-state index is 0.0194. The van der Waals surface area contributed by atoms with Crippen LogP contribution >= 0.6 is 0 Å². The van der Waals surface area contributed by atoms with Gasteiger partial charge in [0.15, 0.2) is 0 Å². The van der Waals surface area contributed by atoms with Crippen LogP contribution in [0.15, 0.2) is 30.5 Å². The van der Waals surface area contributed by atoms with E-state index in [0.29, 0.717) is 12.1 Å². The summed E-state index contributed by atoms with van der Waals surface area (Å²) in [7, 11) is 0. The van der Waals surface area contributed by atoms with Gasteiger partial charge >= 0.3 is 0 Å². The fourth-order valence-electron chi connectivity index (χ4n) is 1.72. The van der Waals surface area contributed by atoms with Crippen LogP contribution in [0.4, 0.5) is 5.69 Å². The molecule has 4 heteroatoms. The van der Waals surface area contributed by atoms with Crippen molar-refractivity contribution in [2.45, 2.75) is 25.3 Å². The van der Waals surface area contributed by atoms with E-state index in [1.807, 2.05) is 0 Å². The van der Waals surface area contributed by atoms with Crippen molar-refractivity contribution in [2.24, 2.45) is 0 Å². The zero-order valence-electron chi connectivity index (χ0n) is 9.02. The molecule has 1 aliphatic carbocycles. The zero-order chi connectivity index (χ0) is 11.4. The van der Waals surface area contributed by atoms with E-state index in [2.05, 4.69) is 22.5 Å². The maximum atomic E-state index is 11.6. The third kappa shape index (κ3) is 2.82. The highest BCUT2D eigenvalue weighted by Crippen LogP contribution is 2.09. The molecule has 84 valence electrons. The molecule has 0 bridgehead atoms. The highest BCUT2D eigenvalue weighted by molar-refractivity contribution is 5.78. The molecule has 16 heavy (non-hydrogen) atoms. The second-order valence-corrected chi connectivity index (χ2v) is 3.97. The summed E-state index contributed by atoms with van der Waals surface area (Å²) in [5.74, 6) is 0.0194. The molecule has 3 N–H and O–H groups in total. The van der Waals surface area contributed by atoms with Crippen LogP contribution in [0.25, 0.3) is 0 Å². The van der Waals surface area contributed by atoms with Gasteiger partial charge in [0, 0.05) is 11.7 Å². The molecular weight excluding hydrogens is 202 g/mol. The van der Waals surface area contributed by atoms with E-state index < -0.39 is 0 Å². The fraction of sp³-hybridized carbons (Fsp3) is 0.333. The predicted octanol–water partition coefficient (Wildman–Crippen LogP) is 1.04. The Morgan fingerprint density at radius 3 is 2.81 bits per heavy atom. The summed E-state index contributed by atoms with van der Waals surface area (Å²) in [5, 5.41) is 2.97. The van der Waals surface area contributed by atoms with Gasteiger partial charge in [0.25, 0.3) is 0 Å². The van der Waals surface area contributed by atoms with Crippen LogP contribution in [-0.4, -0.2) is 16.9 Å². The maximum Gasteiger partial charge on any atom is 0.226 e. The van der Waals surface area contributed by atoms with Crippen molar-refractivity contribution >= 4 is 11.6 Å². The smallest absolute Gasteiger partial charge is 0.226 e. The van der Waals surface area contributed by atoms with Crippen molar-refractivity contribution in [1.82, 2.24) is 10.3 Å². The molecule has 1 amide bonds. The summed E-state index contributed by atoms with van der Waals surface area (Å²) in [6.07, 6.45) is 7.93. The molecule has 1 aromatic rings. The molecule has 1 aromatic heterocycles. The van der Waals surface area contributed by atoms with E-state index in [1.165, 1.54) is 0 Å². The number of carbonyl (C=O) groups is 1. The van der Waals surface area contributed by atoms with E-state index in [4.69, 9.17) is 5.73 Å². The fourth-order valence-corrected chi connectivity index (χ4v) is 1.72. The Morgan fingerprint density at radius 1 is 1.44 bits per heavy atom. The predicted molar refractivity (Wildman–Crippen MR) is 62.7 cm³/mol. The molecule has 0 saturated carbocycles. The number of nitrogens with zero attached hydrogens (tertiary/aromatic N) is 1. The number of hydrogen-bond donors (Lipinski definition) is 2. The lowest BCUT2D eigenvalue weighted by atomic mass is 10.2. The summed E-state index contributed by atoms with van der Waals surface area (Å²) in [4.78, 5) is 15.7. The molecule has 1 aliphatic rings. The lowest BCUT2D eigenvalue weighted by Crippen LogP contribution is -2.34. The SMILES string of the molecule is Nc1ccc(CC(=O)NC2CC=CC2)nc1. The van der Waals surface area contributed by atoms with Crippen LogP contribution in [0.3, 0.4) is 0 Å². The van der Waals surface area contributed by atoms with E-state index >= 15 is 0 Å². The Balaban J connectivity index is 1.84. The lowest BCUT2D eigenvalue weighted by Gasteiger charge is -2.11. The van der Waals surface area contributed by atoms with Gasteiger partial charge in [-0.05, 0) is 25.0 Å². The zero-order valence-corrected chi connectivity index (χ0v) is 9.02. The highest BCUT2D eigenvalue weighted by Gasteiger charge is 2.13. The molecule has 0 atom stereocenters. The Bertz CT molecular complexity index is 389. The molecule has 0 fully saturated rings. The first kappa shape index (κ1) is 10.7. The number of amides is 1. The number of pyridine rings is 1. The molecule has 0 radical (unpaired) electrons. The van der Waals surface area contributed by atoms with Gasteiger partial charge in [0.2, 0.25) is 5.91 Å². The monoisotopic (exact) mass is 217 g/mol. The van der Waals surface area contributed by atoms with Crippen molar-refractivity contribution in [3.8, 4) is 0 Å². The highest BCUT2D eigenvalue weighted by atomic mass is 16.1. The van der Waals surface area contributed by atoms with Crippen molar-refractivity contribution in [2.75, 3.05) is 5.73 Å². The molecule has 0 aliphatic heterocycles. The van der Waals surface area contributed by atoms with Crippen LogP contribution in [0.2, 0.25) is 0 Å². The number of anilines is 1. The summed E-state index contributed by atoms with van der Waals surface area (Å²) in [6.45, 7) is 0. The summed E-state index contributed by atoms with van der Waals surface area (Å²) < 4.78 is 0. The van der Waals surface area contributed by atoms with Gasteiger partial charge in [-0.15, -0.1) is 0 Å². The van der Waals surface area contributed by atoms with E-state index in [-0.39, 0.29) is 11.9 Å². The Hall–Kier alpha value is -1.84. The minimum absolute atomic E-state index is 0.0194. The Kier molecular flexibility index (Phi) is 3.19.